The van der Waals surface area contributed by atoms with Crippen molar-refractivity contribution in [2.75, 3.05) is 32.0 Å². The van der Waals surface area contributed by atoms with Gasteiger partial charge in [0.25, 0.3) is 0 Å². The molecular formula is C28H25Cl2N3O4. The van der Waals surface area contributed by atoms with Gasteiger partial charge < -0.3 is 24.8 Å². The van der Waals surface area contributed by atoms with Crippen molar-refractivity contribution in [2.45, 2.75) is 6.92 Å². The molecule has 0 unspecified atom stereocenters. The van der Waals surface area contributed by atoms with Crippen LogP contribution >= 0.6 is 23.2 Å². The molecule has 4 aromatic rings. The van der Waals surface area contributed by atoms with Crippen molar-refractivity contribution in [1.29, 1.82) is 0 Å². The molecule has 0 bridgehead atoms. The van der Waals surface area contributed by atoms with Crippen LogP contribution in [0.2, 0.25) is 10.0 Å². The molecule has 1 aromatic heterocycles. The number of amides is 1. The van der Waals surface area contributed by atoms with Crippen molar-refractivity contribution in [3.63, 3.8) is 0 Å². The molecule has 9 heteroatoms. The van der Waals surface area contributed by atoms with Gasteiger partial charge in [-0.25, -0.2) is 4.98 Å². The van der Waals surface area contributed by atoms with Crippen molar-refractivity contribution < 1.29 is 19.0 Å². The van der Waals surface area contributed by atoms with Gasteiger partial charge in [-0.2, -0.15) is 0 Å². The standard InChI is InChI=1S/C28H25Cl2N3O4/c1-6-24(34)32-19-9-7-8-15(2)28(19)33-23-12-16-11-20(35-3)18(10-17(16)14-31-23)25-26(29)21(36-4)13-22(37-5)27(25)30/h6-14H,1H2,2-5H3,(H,31,33)(H,32,34). The van der Waals surface area contributed by atoms with E-state index in [1.54, 1.807) is 19.4 Å². The van der Waals surface area contributed by atoms with Crippen LogP contribution in [0.4, 0.5) is 17.2 Å². The molecular weight excluding hydrogens is 513 g/mol. The summed E-state index contributed by atoms with van der Waals surface area (Å²) in [5.41, 5.74) is 3.49. The Morgan fingerprint density at radius 2 is 1.62 bits per heavy atom. The van der Waals surface area contributed by atoms with E-state index in [9.17, 15) is 4.79 Å². The first-order chi connectivity index (χ1) is 17.8. The molecule has 1 amide bonds. The maximum Gasteiger partial charge on any atom is 0.247 e. The van der Waals surface area contributed by atoms with Crippen LogP contribution in [0.3, 0.4) is 0 Å². The third-order valence-corrected chi connectivity index (χ3v) is 6.60. The second-order valence-corrected chi connectivity index (χ2v) is 8.83. The number of aryl methyl sites for hydroxylation is 1. The van der Waals surface area contributed by atoms with E-state index in [0.717, 1.165) is 22.0 Å². The van der Waals surface area contributed by atoms with Crippen LogP contribution in [0, 0.1) is 6.92 Å². The predicted molar refractivity (Wildman–Crippen MR) is 150 cm³/mol. The van der Waals surface area contributed by atoms with Crippen LogP contribution in [0.5, 0.6) is 17.2 Å². The molecule has 0 atom stereocenters. The largest absolute Gasteiger partial charge is 0.496 e. The highest BCUT2D eigenvalue weighted by molar-refractivity contribution is 6.41. The average Bonchev–Trinajstić information content (AvgIpc) is 2.90. The lowest BCUT2D eigenvalue weighted by atomic mass is 9.99. The van der Waals surface area contributed by atoms with E-state index in [-0.39, 0.29) is 5.91 Å². The van der Waals surface area contributed by atoms with E-state index in [0.29, 0.717) is 49.9 Å². The lowest BCUT2D eigenvalue weighted by Gasteiger charge is -2.18. The van der Waals surface area contributed by atoms with Gasteiger partial charge in [-0.15, -0.1) is 0 Å². The summed E-state index contributed by atoms with van der Waals surface area (Å²) in [4.78, 5) is 16.5. The van der Waals surface area contributed by atoms with E-state index in [1.807, 2.05) is 43.3 Å². The van der Waals surface area contributed by atoms with Crippen molar-refractivity contribution in [3.05, 3.63) is 76.9 Å². The quantitative estimate of drug-likeness (QED) is 0.228. The van der Waals surface area contributed by atoms with Crippen LogP contribution in [0.15, 0.2) is 61.3 Å². The van der Waals surface area contributed by atoms with Gasteiger partial charge in [0.15, 0.2) is 0 Å². The van der Waals surface area contributed by atoms with E-state index in [4.69, 9.17) is 37.4 Å². The van der Waals surface area contributed by atoms with Gasteiger partial charge in [0.2, 0.25) is 5.91 Å². The summed E-state index contributed by atoms with van der Waals surface area (Å²) < 4.78 is 16.6. The van der Waals surface area contributed by atoms with E-state index in [2.05, 4.69) is 22.2 Å². The lowest BCUT2D eigenvalue weighted by molar-refractivity contribution is -0.111. The number of hydrogen-bond donors (Lipinski definition) is 2. The minimum Gasteiger partial charge on any atom is -0.496 e. The molecule has 1 heterocycles. The SMILES string of the molecule is C=CC(=O)Nc1cccc(C)c1Nc1cc2cc(OC)c(-c3c(Cl)c(OC)cc(OC)c3Cl)cc2cn1. The van der Waals surface area contributed by atoms with Gasteiger partial charge in [0, 0.05) is 28.8 Å². The number of pyridine rings is 1. The fourth-order valence-corrected chi connectivity index (χ4v) is 4.68. The predicted octanol–water partition coefficient (Wildman–Crippen LogP) is 7.41. The molecule has 3 aromatic carbocycles. The molecule has 0 fully saturated rings. The van der Waals surface area contributed by atoms with Gasteiger partial charge >= 0.3 is 0 Å². The van der Waals surface area contributed by atoms with Crippen molar-refractivity contribution in [3.8, 4) is 28.4 Å². The molecule has 37 heavy (non-hydrogen) atoms. The van der Waals surface area contributed by atoms with Gasteiger partial charge in [-0.1, -0.05) is 41.9 Å². The Balaban J connectivity index is 1.81. The molecule has 0 saturated carbocycles. The van der Waals surface area contributed by atoms with E-state index < -0.39 is 0 Å². The molecule has 2 N–H and O–H groups in total. The zero-order chi connectivity index (χ0) is 26.7. The first kappa shape index (κ1) is 26.1. The number of fused-ring (bicyclic) bond motifs is 1. The smallest absolute Gasteiger partial charge is 0.247 e. The summed E-state index contributed by atoms with van der Waals surface area (Å²) in [7, 11) is 4.63. The number of methoxy groups -OCH3 is 3. The molecule has 0 aliphatic rings. The molecule has 7 nitrogen and oxygen atoms in total. The van der Waals surface area contributed by atoms with Crippen LogP contribution in [-0.4, -0.2) is 32.2 Å². The molecule has 4 rings (SSSR count). The fraction of sp³-hybridized carbons (Fsp3) is 0.143. The minimum atomic E-state index is -0.302. The normalized spacial score (nSPS) is 10.6. The van der Waals surface area contributed by atoms with Crippen LogP contribution in [-0.2, 0) is 4.79 Å². The first-order valence-corrected chi connectivity index (χ1v) is 11.9. The Morgan fingerprint density at radius 1 is 0.946 bits per heavy atom. The Morgan fingerprint density at radius 3 is 2.24 bits per heavy atom. The number of para-hydroxylation sites is 1. The average molecular weight is 538 g/mol. The van der Waals surface area contributed by atoms with Gasteiger partial charge in [0.1, 0.15) is 23.1 Å². The number of ether oxygens (including phenoxy) is 3. The molecule has 0 aliphatic carbocycles. The molecule has 190 valence electrons. The molecule has 0 saturated heterocycles. The van der Waals surface area contributed by atoms with Crippen LogP contribution in [0.1, 0.15) is 5.56 Å². The number of carbonyl (C=O) groups is 1. The second kappa shape index (κ2) is 11.0. The number of halogens is 2. The summed E-state index contributed by atoms with van der Waals surface area (Å²) >= 11 is 13.3. The van der Waals surface area contributed by atoms with Gasteiger partial charge in [-0.3, -0.25) is 4.79 Å². The Hall–Kier alpha value is -3.94. The topological polar surface area (TPSA) is 81.7 Å². The Labute approximate surface area is 225 Å². The maximum atomic E-state index is 11.9. The summed E-state index contributed by atoms with van der Waals surface area (Å²) in [5, 5.41) is 8.51. The summed E-state index contributed by atoms with van der Waals surface area (Å²) in [6, 6.07) is 12.9. The highest BCUT2D eigenvalue weighted by Crippen LogP contribution is 2.49. The highest BCUT2D eigenvalue weighted by Gasteiger charge is 2.22. The maximum absolute atomic E-state index is 11.9. The number of carbonyl (C=O) groups excluding carboxylic acids is 1. The van der Waals surface area contributed by atoms with Crippen LogP contribution in [0.25, 0.3) is 21.9 Å². The van der Waals surface area contributed by atoms with Gasteiger partial charge in [0.05, 0.1) is 42.7 Å². The number of aromatic nitrogens is 1. The third kappa shape index (κ3) is 5.14. The van der Waals surface area contributed by atoms with Crippen molar-refractivity contribution in [2.24, 2.45) is 0 Å². The number of hydrogen-bond acceptors (Lipinski definition) is 6. The number of anilines is 3. The highest BCUT2D eigenvalue weighted by atomic mass is 35.5. The summed E-state index contributed by atoms with van der Waals surface area (Å²) in [6.45, 7) is 5.46. The van der Waals surface area contributed by atoms with E-state index >= 15 is 0 Å². The second-order valence-electron chi connectivity index (χ2n) is 8.07. The van der Waals surface area contributed by atoms with Gasteiger partial charge in [-0.05, 0) is 48.2 Å². The molecule has 0 radical (unpaired) electrons. The van der Waals surface area contributed by atoms with E-state index in [1.165, 1.54) is 20.3 Å². The monoisotopic (exact) mass is 537 g/mol. The van der Waals surface area contributed by atoms with Crippen molar-refractivity contribution in [1.82, 2.24) is 4.98 Å². The Bertz CT molecular complexity index is 1490. The molecule has 0 aliphatic heterocycles. The minimum absolute atomic E-state index is 0.302. The van der Waals surface area contributed by atoms with Crippen molar-refractivity contribution >= 4 is 57.1 Å². The number of nitrogens with zero attached hydrogens (tertiary/aromatic N) is 1. The first-order valence-electron chi connectivity index (χ1n) is 11.2. The fourth-order valence-electron chi connectivity index (χ4n) is 3.98. The van der Waals surface area contributed by atoms with Crippen LogP contribution < -0.4 is 24.8 Å². The number of rotatable bonds is 8. The zero-order valence-electron chi connectivity index (χ0n) is 20.7. The summed E-state index contributed by atoms with van der Waals surface area (Å²) in [6.07, 6.45) is 2.96. The number of benzene rings is 3. The third-order valence-electron chi connectivity index (χ3n) is 5.85. The zero-order valence-corrected chi connectivity index (χ0v) is 22.3. The number of nitrogens with one attached hydrogen (secondary N) is 2. The summed E-state index contributed by atoms with van der Waals surface area (Å²) in [5.74, 6) is 1.69. The lowest BCUT2D eigenvalue weighted by Crippen LogP contribution is -2.10. The Kier molecular flexibility index (Phi) is 7.76. The molecule has 0 spiro atoms.